The van der Waals surface area contributed by atoms with Gasteiger partial charge in [0.15, 0.2) is 4.38 Å². The van der Waals surface area contributed by atoms with Crippen LogP contribution >= 0.6 is 36.2 Å². The van der Waals surface area contributed by atoms with Crippen LogP contribution in [0.5, 0.6) is 0 Å². The van der Waals surface area contributed by atoms with Crippen molar-refractivity contribution < 1.29 is 0 Å². The summed E-state index contributed by atoms with van der Waals surface area (Å²) in [6.45, 7) is 27.2. The molecule has 0 N–H and O–H groups in total. The monoisotopic (exact) mass is 687 g/mol. The normalized spacial score (nSPS) is 18.2. The van der Waals surface area contributed by atoms with Gasteiger partial charge in [-0.05, 0) is 49.4 Å². The van der Waals surface area contributed by atoms with Gasteiger partial charge in [-0.2, -0.15) is 5.10 Å². The molecule has 5 atom stereocenters. The lowest BCUT2D eigenvalue weighted by Crippen LogP contribution is -2.39. The van der Waals surface area contributed by atoms with Crippen LogP contribution in [-0.4, -0.2) is 75.5 Å². The Hall–Kier alpha value is 0.440. The molecule has 0 amide bonds. The predicted molar refractivity (Wildman–Crippen MR) is 213 cm³/mol. The number of hydrazone groups is 1. The molecule has 0 spiro atoms. The van der Waals surface area contributed by atoms with E-state index in [9.17, 15) is 0 Å². The van der Waals surface area contributed by atoms with E-state index in [2.05, 4.69) is 70.2 Å². The molecule has 1 aliphatic heterocycles. The Morgan fingerprint density at radius 2 is 1.02 bits per heavy atom. The Morgan fingerprint density at radius 1 is 0.644 bits per heavy atom. The minimum atomic E-state index is 0.145. The van der Waals surface area contributed by atoms with Crippen LogP contribution in [0.4, 0.5) is 0 Å². The van der Waals surface area contributed by atoms with Crippen LogP contribution in [0.25, 0.3) is 0 Å². The molecule has 0 radical (unpaired) electrons. The number of thiol groups is 1. The van der Waals surface area contributed by atoms with Crippen LogP contribution in [0.15, 0.2) is 5.10 Å². The highest BCUT2D eigenvalue weighted by molar-refractivity contribution is 8.41. The largest absolute Gasteiger partial charge is 0.302 e. The number of hydrogen-bond acceptors (Lipinski definition) is 7. The molecule has 1 aliphatic rings. The molecule has 0 aromatic heterocycles. The van der Waals surface area contributed by atoms with E-state index in [0.29, 0.717) is 0 Å². The Morgan fingerprint density at radius 3 is 1.38 bits per heavy atom. The molecule has 7 heteroatoms. The van der Waals surface area contributed by atoms with E-state index in [4.69, 9.17) is 17.7 Å². The van der Waals surface area contributed by atoms with Crippen molar-refractivity contribution in [2.24, 2.45) is 28.8 Å². The van der Waals surface area contributed by atoms with Crippen molar-refractivity contribution in [3.8, 4) is 0 Å². The van der Waals surface area contributed by atoms with Gasteiger partial charge in [0.1, 0.15) is 4.71 Å². The molecular formula is C38H78N4S3. The third-order valence-corrected chi connectivity index (χ3v) is 12.9. The first-order valence-electron chi connectivity index (χ1n) is 19.6. The number of nitrogens with zero attached hydrogens (tertiary/aromatic N) is 4. The zero-order valence-corrected chi connectivity index (χ0v) is 33.9. The number of thioether (sulfide) groups is 2. The topological polar surface area (TPSA) is 22.1 Å². The average Bonchev–Trinajstić information content (AvgIpc) is 3.41. The molecule has 5 unspecified atom stereocenters. The smallest absolute Gasteiger partial charge is 0.153 e. The van der Waals surface area contributed by atoms with Gasteiger partial charge in [0.25, 0.3) is 0 Å². The van der Waals surface area contributed by atoms with Gasteiger partial charge in [0, 0.05) is 45.0 Å². The predicted octanol–water partition coefficient (Wildman–Crippen LogP) is 11.7. The number of unbranched alkanes of at least 4 members (excludes halogenated alkanes) is 4. The van der Waals surface area contributed by atoms with Crippen molar-refractivity contribution in [2.45, 2.75) is 163 Å². The summed E-state index contributed by atoms with van der Waals surface area (Å²) >= 11 is 8.83. The van der Waals surface area contributed by atoms with Gasteiger partial charge in [-0.1, -0.05) is 156 Å². The first kappa shape index (κ1) is 43.5. The summed E-state index contributed by atoms with van der Waals surface area (Å²) in [6.07, 6.45) is 21.4. The SMILES string of the molecule is CCCCC(CC)CN(CCSC1=NN(CCN(CC(CC)CCCC)CC(CC)CCCC)C(S)S1)CC(CC)CCCC. The van der Waals surface area contributed by atoms with Crippen LogP contribution in [-0.2, 0) is 0 Å². The summed E-state index contributed by atoms with van der Waals surface area (Å²) in [5.74, 6) is 4.43. The summed E-state index contributed by atoms with van der Waals surface area (Å²) in [6, 6.07) is 0. The highest BCUT2D eigenvalue weighted by Gasteiger charge is 2.26. The standard InChI is InChI=1S/C38H78N4S3/c1-9-17-21-33(13-5)29-40(30-34(14-6)22-18-10-2)25-26-42-38(43)45-37(39-42)44-28-27-41(31-35(15-7)23-19-11-3)32-36(16-8)24-20-12-4/h33-36,38,43H,9-32H2,1-8H3. The Bertz CT molecular complexity index is 672. The molecule has 4 nitrogen and oxygen atoms in total. The van der Waals surface area contributed by atoms with Crippen molar-refractivity contribution in [3.63, 3.8) is 0 Å². The minimum absolute atomic E-state index is 0.145. The number of rotatable bonds is 30. The average molecular weight is 687 g/mol. The van der Waals surface area contributed by atoms with E-state index in [1.54, 1.807) is 0 Å². The second-order valence-electron chi connectivity index (χ2n) is 14.0. The Labute approximate surface area is 297 Å². The first-order chi connectivity index (χ1) is 21.9. The molecule has 45 heavy (non-hydrogen) atoms. The van der Waals surface area contributed by atoms with E-state index >= 15 is 0 Å². The van der Waals surface area contributed by atoms with Crippen LogP contribution in [0.1, 0.15) is 158 Å². The van der Waals surface area contributed by atoms with Crippen molar-refractivity contribution >= 4 is 40.5 Å². The highest BCUT2D eigenvalue weighted by Crippen LogP contribution is 2.34. The summed E-state index contributed by atoms with van der Waals surface area (Å²) in [7, 11) is 0. The minimum Gasteiger partial charge on any atom is -0.302 e. The molecule has 1 rings (SSSR count). The third kappa shape index (κ3) is 19.9. The maximum absolute atomic E-state index is 5.13. The lowest BCUT2D eigenvalue weighted by Gasteiger charge is -2.32. The highest BCUT2D eigenvalue weighted by atomic mass is 32.2. The molecule has 0 saturated heterocycles. The van der Waals surface area contributed by atoms with Gasteiger partial charge in [-0.25, -0.2) is 0 Å². The van der Waals surface area contributed by atoms with Crippen molar-refractivity contribution in [3.05, 3.63) is 0 Å². The van der Waals surface area contributed by atoms with Gasteiger partial charge in [-0.15, -0.1) is 12.6 Å². The number of hydrogen-bond donors (Lipinski definition) is 1. The maximum atomic E-state index is 5.13. The van der Waals surface area contributed by atoms with E-state index in [-0.39, 0.29) is 4.71 Å². The van der Waals surface area contributed by atoms with Crippen LogP contribution < -0.4 is 0 Å². The fourth-order valence-electron chi connectivity index (χ4n) is 6.70. The quantitative estimate of drug-likeness (QED) is 0.0757. The van der Waals surface area contributed by atoms with Gasteiger partial charge in [0.05, 0.1) is 6.54 Å². The fourth-order valence-corrected chi connectivity index (χ4v) is 9.47. The van der Waals surface area contributed by atoms with E-state index in [1.807, 2.05) is 23.5 Å². The second kappa shape index (κ2) is 28.3. The lowest BCUT2D eigenvalue weighted by molar-refractivity contribution is 0.160. The molecular weight excluding hydrogens is 609 g/mol. The van der Waals surface area contributed by atoms with E-state index < -0.39 is 0 Å². The van der Waals surface area contributed by atoms with Crippen LogP contribution in [0.2, 0.25) is 0 Å². The molecule has 268 valence electrons. The van der Waals surface area contributed by atoms with Gasteiger partial charge in [-0.3, -0.25) is 5.01 Å². The molecule has 0 saturated carbocycles. The Kier molecular flexibility index (Phi) is 27.3. The van der Waals surface area contributed by atoms with Gasteiger partial charge >= 0.3 is 0 Å². The first-order valence-corrected chi connectivity index (χ1v) is 22.0. The van der Waals surface area contributed by atoms with Crippen molar-refractivity contribution in [1.82, 2.24) is 14.8 Å². The van der Waals surface area contributed by atoms with Gasteiger partial charge in [0.2, 0.25) is 0 Å². The molecule has 0 aliphatic carbocycles. The van der Waals surface area contributed by atoms with Crippen molar-refractivity contribution in [2.75, 3.05) is 51.6 Å². The molecule has 0 bridgehead atoms. The molecule has 0 aromatic rings. The van der Waals surface area contributed by atoms with Crippen molar-refractivity contribution in [1.29, 1.82) is 0 Å². The summed E-state index contributed by atoms with van der Waals surface area (Å²) in [5, 5.41) is 7.40. The summed E-state index contributed by atoms with van der Waals surface area (Å²) in [5.41, 5.74) is 0. The van der Waals surface area contributed by atoms with E-state index in [0.717, 1.165) is 42.5 Å². The molecule has 0 fully saturated rings. The lowest BCUT2D eigenvalue weighted by atomic mass is 9.95. The summed E-state index contributed by atoms with van der Waals surface area (Å²) in [4.78, 5) is 5.61. The maximum Gasteiger partial charge on any atom is 0.153 e. The Balaban J connectivity index is 2.80. The van der Waals surface area contributed by atoms with Crippen LogP contribution in [0, 0.1) is 23.7 Å². The summed E-state index contributed by atoms with van der Waals surface area (Å²) < 4.78 is 1.37. The fraction of sp³-hybridized carbons (Fsp3) is 0.974. The van der Waals surface area contributed by atoms with Crippen LogP contribution in [0.3, 0.4) is 0 Å². The molecule has 0 aromatic carbocycles. The van der Waals surface area contributed by atoms with E-state index in [1.165, 1.54) is 140 Å². The zero-order valence-electron chi connectivity index (χ0n) is 31.4. The van der Waals surface area contributed by atoms with Gasteiger partial charge < -0.3 is 9.80 Å². The third-order valence-electron chi connectivity index (χ3n) is 10.2. The molecule has 1 heterocycles. The zero-order chi connectivity index (χ0) is 33.3. The second-order valence-corrected chi connectivity index (χ2v) is 17.3.